The minimum atomic E-state index is -0.783. The predicted octanol–water partition coefficient (Wildman–Crippen LogP) is 1.39. The number of aryl methyl sites for hydroxylation is 1. The van der Waals surface area contributed by atoms with E-state index in [1.165, 1.54) is 0 Å². The second kappa shape index (κ2) is 6.55. The molecule has 2 heterocycles. The molecule has 3 rings (SSSR count). The number of morpholine rings is 1. The van der Waals surface area contributed by atoms with Gasteiger partial charge in [0, 0.05) is 31.3 Å². The van der Waals surface area contributed by atoms with E-state index in [0.717, 1.165) is 18.4 Å². The number of aromatic nitrogens is 2. The van der Waals surface area contributed by atoms with Crippen molar-refractivity contribution in [1.29, 1.82) is 0 Å². The van der Waals surface area contributed by atoms with Crippen LogP contribution in [-0.2, 0) is 27.0 Å². The Labute approximate surface area is 141 Å². The molecule has 1 aromatic rings. The second-order valence-corrected chi connectivity index (χ2v) is 7.14. The molecule has 1 amide bonds. The maximum atomic E-state index is 12.9. The Hall–Kier alpha value is -1.89. The lowest BCUT2D eigenvalue weighted by atomic mass is 9.80. The summed E-state index contributed by atoms with van der Waals surface area (Å²) in [5.41, 5.74) is 0.387. The molecule has 1 saturated heterocycles. The van der Waals surface area contributed by atoms with Gasteiger partial charge in [0.1, 0.15) is 5.60 Å². The van der Waals surface area contributed by atoms with E-state index in [0.29, 0.717) is 32.5 Å². The van der Waals surface area contributed by atoms with Crippen LogP contribution in [0.3, 0.4) is 0 Å². The van der Waals surface area contributed by atoms with Crippen LogP contribution in [0.15, 0.2) is 12.4 Å². The molecule has 24 heavy (non-hydrogen) atoms. The highest BCUT2D eigenvalue weighted by molar-refractivity contribution is 5.80. The summed E-state index contributed by atoms with van der Waals surface area (Å²) in [7, 11) is 1.85. The topological polar surface area (TPSA) is 84.7 Å². The van der Waals surface area contributed by atoms with Gasteiger partial charge in [0.2, 0.25) is 5.91 Å². The van der Waals surface area contributed by atoms with Gasteiger partial charge < -0.3 is 14.7 Å². The first kappa shape index (κ1) is 17.0. The van der Waals surface area contributed by atoms with Gasteiger partial charge in [-0.3, -0.25) is 14.3 Å². The van der Waals surface area contributed by atoms with Crippen LogP contribution in [0.25, 0.3) is 0 Å². The Morgan fingerprint density at radius 1 is 1.38 bits per heavy atom. The van der Waals surface area contributed by atoms with Crippen LogP contribution < -0.4 is 0 Å². The van der Waals surface area contributed by atoms with Gasteiger partial charge >= 0.3 is 5.97 Å². The third-order valence-electron chi connectivity index (χ3n) is 5.27. The van der Waals surface area contributed by atoms with E-state index in [-0.39, 0.29) is 11.8 Å². The quantitative estimate of drug-likeness (QED) is 0.902. The number of carbonyl (C=O) groups is 2. The number of amides is 1. The Balaban J connectivity index is 1.70. The number of ether oxygens (including phenoxy) is 1. The van der Waals surface area contributed by atoms with E-state index >= 15 is 0 Å². The lowest BCUT2D eigenvalue weighted by Gasteiger charge is -2.42. The molecule has 3 atom stereocenters. The predicted molar refractivity (Wildman–Crippen MR) is 86.2 cm³/mol. The van der Waals surface area contributed by atoms with Crippen molar-refractivity contribution in [2.45, 2.75) is 38.2 Å². The van der Waals surface area contributed by atoms with Crippen molar-refractivity contribution < 1.29 is 19.4 Å². The Morgan fingerprint density at radius 3 is 2.79 bits per heavy atom. The van der Waals surface area contributed by atoms with E-state index in [1.807, 2.05) is 25.1 Å². The van der Waals surface area contributed by atoms with E-state index in [1.54, 1.807) is 10.9 Å². The molecule has 1 saturated carbocycles. The molecular weight excluding hydrogens is 310 g/mol. The van der Waals surface area contributed by atoms with Crippen molar-refractivity contribution in [3.05, 3.63) is 18.0 Å². The lowest BCUT2D eigenvalue weighted by molar-refractivity contribution is -0.156. The van der Waals surface area contributed by atoms with E-state index in [4.69, 9.17) is 4.74 Å². The summed E-state index contributed by atoms with van der Waals surface area (Å²) in [4.78, 5) is 26.0. The SMILES string of the molecule is Cn1cc(C2(C)CN(C(=O)C3CCCC(C(=O)O)C3)CCO2)cn1. The second-order valence-electron chi connectivity index (χ2n) is 7.14. The molecule has 2 aliphatic rings. The van der Waals surface area contributed by atoms with Crippen molar-refractivity contribution in [3.63, 3.8) is 0 Å². The fourth-order valence-electron chi connectivity index (χ4n) is 3.82. The van der Waals surface area contributed by atoms with E-state index in [2.05, 4.69) is 5.10 Å². The number of nitrogens with zero attached hydrogens (tertiary/aromatic N) is 3. The molecule has 0 aromatic carbocycles. The third-order valence-corrected chi connectivity index (χ3v) is 5.27. The molecule has 0 radical (unpaired) electrons. The fraction of sp³-hybridized carbons (Fsp3) is 0.706. The van der Waals surface area contributed by atoms with Crippen LogP contribution in [-0.4, -0.2) is 51.4 Å². The van der Waals surface area contributed by atoms with Gasteiger partial charge in [0.15, 0.2) is 0 Å². The van der Waals surface area contributed by atoms with Crippen LogP contribution in [0.2, 0.25) is 0 Å². The maximum Gasteiger partial charge on any atom is 0.306 e. The molecule has 1 N–H and O–H groups in total. The van der Waals surface area contributed by atoms with Gasteiger partial charge in [-0.15, -0.1) is 0 Å². The molecule has 7 nitrogen and oxygen atoms in total. The number of hydrogen-bond acceptors (Lipinski definition) is 4. The zero-order valence-electron chi connectivity index (χ0n) is 14.3. The van der Waals surface area contributed by atoms with Gasteiger partial charge in [-0.1, -0.05) is 6.42 Å². The minimum absolute atomic E-state index is 0.0689. The summed E-state index contributed by atoms with van der Waals surface area (Å²) in [5, 5.41) is 13.4. The van der Waals surface area contributed by atoms with Gasteiger partial charge in [-0.2, -0.15) is 5.10 Å². The van der Waals surface area contributed by atoms with Crippen LogP contribution in [0.5, 0.6) is 0 Å². The Bertz CT molecular complexity index is 629. The smallest absolute Gasteiger partial charge is 0.306 e. The molecule has 1 aromatic heterocycles. The van der Waals surface area contributed by atoms with Crippen molar-refractivity contribution in [2.24, 2.45) is 18.9 Å². The highest BCUT2D eigenvalue weighted by atomic mass is 16.5. The van der Waals surface area contributed by atoms with Crippen LogP contribution in [0.4, 0.5) is 0 Å². The van der Waals surface area contributed by atoms with Crippen LogP contribution >= 0.6 is 0 Å². The highest BCUT2D eigenvalue weighted by Crippen LogP contribution is 2.34. The van der Waals surface area contributed by atoms with Gasteiger partial charge in [-0.25, -0.2) is 0 Å². The van der Waals surface area contributed by atoms with Crippen LogP contribution in [0.1, 0.15) is 38.2 Å². The monoisotopic (exact) mass is 335 g/mol. The molecule has 0 bridgehead atoms. The summed E-state index contributed by atoms with van der Waals surface area (Å²) in [6, 6.07) is 0. The standard InChI is InChI=1S/C17H25N3O4/c1-17(14-9-18-19(2)10-14)11-20(6-7-24-17)15(21)12-4-3-5-13(8-12)16(22)23/h9-10,12-13H,3-8,11H2,1-2H3,(H,22,23). The van der Waals surface area contributed by atoms with Crippen molar-refractivity contribution in [2.75, 3.05) is 19.7 Å². The summed E-state index contributed by atoms with van der Waals surface area (Å²) in [6.45, 7) is 3.49. The molecule has 1 aliphatic heterocycles. The number of hydrogen-bond donors (Lipinski definition) is 1. The number of carbonyl (C=O) groups excluding carboxylic acids is 1. The summed E-state index contributed by atoms with van der Waals surface area (Å²) < 4.78 is 7.68. The Morgan fingerprint density at radius 2 is 2.12 bits per heavy atom. The zero-order valence-corrected chi connectivity index (χ0v) is 14.3. The molecule has 3 unspecified atom stereocenters. The highest BCUT2D eigenvalue weighted by Gasteiger charge is 2.40. The molecule has 1 aliphatic carbocycles. The average molecular weight is 335 g/mol. The van der Waals surface area contributed by atoms with Crippen LogP contribution in [0, 0.1) is 11.8 Å². The molecule has 2 fully saturated rings. The first-order valence-electron chi connectivity index (χ1n) is 8.54. The van der Waals surface area contributed by atoms with Gasteiger partial charge in [0.05, 0.1) is 25.3 Å². The molecule has 132 valence electrons. The van der Waals surface area contributed by atoms with Gasteiger partial charge in [-0.05, 0) is 26.2 Å². The van der Waals surface area contributed by atoms with Crippen molar-refractivity contribution >= 4 is 11.9 Å². The number of aliphatic carboxylic acids is 1. The largest absolute Gasteiger partial charge is 0.481 e. The third kappa shape index (κ3) is 3.31. The number of rotatable bonds is 3. The van der Waals surface area contributed by atoms with E-state index in [9.17, 15) is 14.7 Å². The zero-order chi connectivity index (χ0) is 17.3. The normalized spacial score (nSPS) is 31.0. The Kier molecular flexibility index (Phi) is 4.62. The van der Waals surface area contributed by atoms with E-state index < -0.39 is 17.5 Å². The summed E-state index contributed by atoms with van der Waals surface area (Å²) in [6.07, 6.45) is 6.40. The summed E-state index contributed by atoms with van der Waals surface area (Å²) >= 11 is 0. The summed E-state index contributed by atoms with van der Waals surface area (Å²) in [5.74, 6) is -1.29. The van der Waals surface area contributed by atoms with Crippen molar-refractivity contribution in [3.8, 4) is 0 Å². The first-order chi connectivity index (χ1) is 11.4. The maximum absolute atomic E-state index is 12.9. The first-order valence-corrected chi connectivity index (χ1v) is 8.54. The average Bonchev–Trinajstić information content (AvgIpc) is 3.02. The fourth-order valence-corrected chi connectivity index (χ4v) is 3.82. The number of carboxylic acid groups (broad SMARTS) is 1. The minimum Gasteiger partial charge on any atom is -0.481 e. The molecular formula is C17H25N3O4. The molecule has 7 heteroatoms. The lowest BCUT2D eigenvalue weighted by Crippen LogP contribution is -2.52. The van der Waals surface area contributed by atoms with Gasteiger partial charge in [0.25, 0.3) is 0 Å². The van der Waals surface area contributed by atoms with Crippen molar-refractivity contribution in [1.82, 2.24) is 14.7 Å². The number of carboxylic acids is 1. The molecule has 0 spiro atoms.